The van der Waals surface area contributed by atoms with Crippen LogP contribution in [0.3, 0.4) is 0 Å². The second-order valence-electron chi connectivity index (χ2n) is 13.9. The Balaban J connectivity index is 0. The van der Waals surface area contributed by atoms with Gasteiger partial charge in [-0.25, -0.2) is 9.59 Å². The molecule has 0 aliphatic heterocycles. The van der Waals surface area contributed by atoms with Crippen LogP contribution >= 0.6 is 0 Å². The number of unbranched alkanes of at least 4 members (excludes halogenated alkanes) is 8. The van der Waals surface area contributed by atoms with Crippen molar-refractivity contribution in [3.8, 4) is 0 Å². The number of amides is 4. The first-order valence-electron chi connectivity index (χ1n) is 22.1. The first kappa shape index (κ1) is 56.3. The summed E-state index contributed by atoms with van der Waals surface area (Å²) in [5.41, 5.74) is 0. The number of urea groups is 2. The number of nitrogens with zero attached hydrogens (tertiary/aromatic N) is 4. The summed E-state index contributed by atoms with van der Waals surface area (Å²) in [5.74, 6) is 0. The second-order valence-corrected chi connectivity index (χ2v) is 13.9. The van der Waals surface area contributed by atoms with E-state index in [1.807, 2.05) is 0 Å². The lowest BCUT2D eigenvalue weighted by Crippen LogP contribution is -2.47. The maximum Gasteiger partial charge on any atom is 0.327 e. The van der Waals surface area contributed by atoms with Crippen molar-refractivity contribution in [2.24, 2.45) is 0 Å². The van der Waals surface area contributed by atoms with Crippen LogP contribution in [0.4, 0.5) is 9.59 Å². The Morgan fingerprint density at radius 1 is 0.268 bits per heavy atom. The van der Waals surface area contributed by atoms with Crippen molar-refractivity contribution in [2.45, 2.75) is 158 Å². The van der Waals surface area contributed by atoms with Crippen molar-refractivity contribution in [1.29, 1.82) is 0 Å². The van der Waals surface area contributed by atoms with Gasteiger partial charge in [-0.15, -0.1) is 0 Å². The van der Waals surface area contributed by atoms with Crippen LogP contribution < -0.4 is 0 Å². The monoisotopic (exact) mass is 809 g/mol. The molecule has 0 aliphatic carbocycles. The highest BCUT2D eigenvalue weighted by Crippen LogP contribution is 2.07. The molecule has 14 heteroatoms. The normalized spacial score (nSPS) is 11.0. The molecule has 14 nitrogen and oxygen atoms in total. The Kier molecular flexibility index (Phi) is 46.2. The lowest BCUT2D eigenvalue weighted by atomic mass is 10.4. The van der Waals surface area contributed by atoms with Crippen LogP contribution in [-0.2, 0) is 37.9 Å². The molecule has 4 amide bonds. The van der Waals surface area contributed by atoms with Crippen LogP contribution in [0.25, 0.3) is 0 Å². The van der Waals surface area contributed by atoms with Gasteiger partial charge in [0.15, 0.2) is 0 Å². The van der Waals surface area contributed by atoms with Crippen LogP contribution in [0.15, 0.2) is 0 Å². The van der Waals surface area contributed by atoms with Crippen LogP contribution in [0.1, 0.15) is 158 Å². The lowest BCUT2D eigenvalue weighted by molar-refractivity contribution is -0.0626. The van der Waals surface area contributed by atoms with Crippen molar-refractivity contribution in [1.82, 2.24) is 19.6 Å². The van der Waals surface area contributed by atoms with E-state index in [0.29, 0.717) is 52.9 Å². The Labute approximate surface area is 343 Å². The van der Waals surface area contributed by atoms with Gasteiger partial charge in [0.2, 0.25) is 0 Å². The van der Waals surface area contributed by atoms with E-state index in [9.17, 15) is 9.59 Å². The Hall–Kier alpha value is -1.78. The molecular weight excluding hydrogens is 720 g/mol. The average molecular weight is 809 g/mol. The highest BCUT2D eigenvalue weighted by atomic mass is 16.5. The Morgan fingerprint density at radius 2 is 0.393 bits per heavy atom. The van der Waals surface area contributed by atoms with E-state index >= 15 is 0 Å². The molecule has 0 spiro atoms. The largest absolute Gasteiger partial charge is 0.361 e. The van der Waals surface area contributed by atoms with Gasteiger partial charge in [0.05, 0.1) is 0 Å². The number of hydrogen-bond acceptors (Lipinski definition) is 10. The summed E-state index contributed by atoms with van der Waals surface area (Å²) >= 11 is 0. The van der Waals surface area contributed by atoms with Gasteiger partial charge in [-0.3, -0.25) is 19.6 Å². The molecule has 0 heterocycles. The number of rotatable bonds is 40. The zero-order valence-electron chi connectivity index (χ0n) is 37.5. The fourth-order valence-electron chi connectivity index (χ4n) is 4.36. The predicted octanol–water partition coefficient (Wildman–Crippen LogP) is 9.61. The summed E-state index contributed by atoms with van der Waals surface area (Å²) in [6.45, 7) is 23.7. The van der Waals surface area contributed by atoms with E-state index < -0.39 is 0 Å². The minimum absolute atomic E-state index is 0.180. The highest BCUT2D eigenvalue weighted by molar-refractivity contribution is 5.74. The standard InChI is InChI=1S/2C21H44N2O5/c2*1-5-9-13-25-17-22(18-26-14-10-6-2)21(24)23(19-27-15-11-7-3)20-28-16-12-8-4/h2*5-20H2,1-4H3. The van der Waals surface area contributed by atoms with Crippen molar-refractivity contribution in [3.63, 3.8) is 0 Å². The van der Waals surface area contributed by atoms with Crippen LogP contribution in [0, 0.1) is 0 Å². The molecule has 0 radical (unpaired) electrons. The molecule has 0 rings (SSSR count). The molecular formula is C42H88N4O10. The quantitative estimate of drug-likeness (QED) is 0.0437. The van der Waals surface area contributed by atoms with Crippen LogP contribution in [0.5, 0.6) is 0 Å². The van der Waals surface area contributed by atoms with E-state index in [1.165, 1.54) is 0 Å². The summed E-state index contributed by atoms with van der Waals surface area (Å²) < 4.78 is 45.3. The highest BCUT2D eigenvalue weighted by Gasteiger charge is 2.23. The molecule has 0 atom stereocenters. The first-order valence-corrected chi connectivity index (χ1v) is 22.1. The molecule has 0 aromatic rings. The molecule has 56 heavy (non-hydrogen) atoms. The van der Waals surface area contributed by atoms with Gasteiger partial charge < -0.3 is 37.9 Å². The third-order valence-corrected chi connectivity index (χ3v) is 8.20. The summed E-state index contributed by atoms with van der Waals surface area (Å²) in [5, 5.41) is 0. The van der Waals surface area contributed by atoms with Gasteiger partial charge in [0.25, 0.3) is 0 Å². The third-order valence-electron chi connectivity index (χ3n) is 8.20. The van der Waals surface area contributed by atoms with Crippen LogP contribution in [-0.4, -0.2) is 138 Å². The topological polar surface area (TPSA) is 121 Å². The van der Waals surface area contributed by atoms with Crippen molar-refractivity contribution >= 4 is 12.1 Å². The maximum atomic E-state index is 13.0. The number of carbonyl (C=O) groups excluding carboxylic acids is 2. The molecule has 0 unspecified atom stereocenters. The molecule has 0 saturated carbocycles. The minimum atomic E-state index is -0.180. The van der Waals surface area contributed by atoms with Crippen molar-refractivity contribution in [2.75, 3.05) is 107 Å². The summed E-state index contributed by atoms with van der Waals surface area (Å²) in [6, 6.07) is -0.359. The van der Waals surface area contributed by atoms with E-state index in [0.717, 1.165) is 103 Å². The summed E-state index contributed by atoms with van der Waals surface area (Å²) in [6.07, 6.45) is 16.3. The minimum Gasteiger partial charge on any atom is -0.361 e. The molecule has 0 aromatic heterocycles. The SMILES string of the molecule is CCCCOCN(COCCCC)C(=O)N(COCCCC)COCCCC.CCCCOCN(COCCCC)C(=O)N(COCCCC)COCCCC. The van der Waals surface area contributed by atoms with Gasteiger partial charge in [-0.2, -0.15) is 0 Å². The molecule has 0 bridgehead atoms. The zero-order valence-corrected chi connectivity index (χ0v) is 37.5. The first-order chi connectivity index (χ1) is 27.4. The van der Waals surface area contributed by atoms with Gasteiger partial charge in [-0.1, -0.05) is 107 Å². The molecule has 0 N–H and O–H groups in total. The smallest absolute Gasteiger partial charge is 0.327 e. The van der Waals surface area contributed by atoms with E-state index in [4.69, 9.17) is 37.9 Å². The van der Waals surface area contributed by atoms with Crippen molar-refractivity contribution in [3.05, 3.63) is 0 Å². The fraction of sp³-hybridized carbons (Fsp3) is 0.952. The number of carbonyl (C=O) groups is 2. The lowest BCUT2D eigenvalue weighted by Gasteiger charge is -2.30. The Morgan fingerprint density at radius 3 is 0.500 bits per heavy atom. The molecule has 336 valence electrons. The molecule has 0 fully saturated rings. The van der Waals surface area contributed by atoms with E-state index in [-0.39, 0.29) is 65.9 Å². The van der Waals surface area contributed by atoms with E-state index in [1.54, 1.807) is 19.6 Å². The third kappa shape index (κ3) is 35.4. The molecule has 0 saturated heterocycles. The van der Waals surface area contributed by atoms with Gasteiger partial charge >= 0.3 is 12.1 Å². The molecule has 0 aliphatic rings. The number of ether oxygens (including phenoxy) is 8. The number of hydrogen-bond donors (Lipinski definition) is 0. The van der Waals surface area contributed by atoms with Gasteiger partial charge in [0.1, 0.15) is 53.8 Å². The summed E-state index contributed by atoms with van der Waals surface area (Å²) in [7, 11) is 0. The second kappa shape index (κ2) is 45.9. The van der Waals surface area contributed by atoms with E-state index in [2.05, 4.69) is 55.4 Å². The zero-order chi connectivity index (χ0) is 41.7. The maximum absolute atomic E-state index is 13.0. The predicted molar refractivity (Wildman–Crippen MR) is 224 cm³/mol. The van der Waals surface area contributed by atoms with Gasteiger partial charge in [-0.05, 0) is 51.4 Å². The van der Waals surface area contributed by atoms with Gasteiger partial charge in [0, 0.05) is 52.9 Å². The fourth-order valence-corrected chi connectivity index (χ4v) is 4.36. The molecule has 0 aromatic carbocycles. The average Bonchev–Trinajstić information content (AvgIpc) is 3.21. The Bertz CT molecular complexity index is 646. The summed E-state index contributed by atoms with van der Waals surface area (Å²) in [4.78, 5) is 32.4. The van der Waals surface area contributed by atoms with Crippen molar-refractivity contribution < 1.29 is 47.5 Å². The van der Waals surface area contributed by atoms with Crippen LogP contribution in [0.2, 0.25) is 0 Å².